The maximum absolute atomic E-state index is 12.8. The number of carbonyl (C=O) groups excluding carboxylic acids is 1. The van der Waals surface area contributed by atoms with Crippen molar-refractivity contribution in [1.82, 2.24) is 5.32 Å². The van der Waals surface area contributed by atoms with Gasteiger partial charge in [0.25, 0.3) is 0 Å². The van der Waals surface area contributed by atoms with E-state index in [4.69, 9.17) is 0 Å². The molecule has 7 heteroatoms. The van der Waals surface area contributed by atoms with E-state index in [1.807, 2.05) is 13.8 Å². The Balaban J connectivity index is 2.86. The first-order valence-corrected chi connectivity index (χ1v) is 6.39. The van der Waals surface area contributed by atoms with Crippen LogP contribution in [0.15, 0.2) is 22.7 Å². The third kappa shape index (κ3) is 5.20. The van der Waals surface area contributed by atoms with Crippen molar-refractivity contribution in [2.24, 2.45) is 0 Å². The Labute approximate surface area is 117 Å². The van der Waals surface area contributed by atoms with Gasteiger partial charge in [0.1, 0.15) is 0 Å². The molecule has 1 rings (SSSR count). The van der Waals surface area contributed by atoms with Crippen LogP contribution < -0.4 is 10.6 Å². The van der Waals surface area contributed by atoms with Gasteiger partial charge in [-0.1, -0.05) is 29.8 Å². The molecule has 0 saturated carbocycles. The lowest BCUT2D eigenvalue weighted by Gasteiger charge is -2.15. The Bertz CT molecular complexity index is 461. The SMILES string of the molecule is CC(C)NCC(=O)Nc1ccc(Br)cc1C(F)(F)F. The molecular formula is C12H14BrF3N2O. The first-order chi connectivity index (χ1) is 8.70. The number of anilines is 1. The summed E-state index contributed by atoms with van der Waals surface area (Å²) in [5, 5.41) is 5.09. The minimum absolute atomic E-state index is 0.0367. The molecule has 1 aromatic carbocycles. The molecule has 1 aromatic rings. The number of benzene rings is 1. The average molecular weight is 339 g/mol. The summed E-state index contributed by atoms with van der Waals surface area (Å²) in [7, 11) is 0. The van der Waals surface area contributed by atoms with Gasteiger partial charge in [0.15, 0.2) is 0 Å². The first-order valence-electron chi connectivity index (χ1n) is 5.60. The fourth-order valence-corrected chi connectivity index (χ4v) is 1.71. The Morgan fingerprint density at radius 1 is 1.37 bits per heavy atom. The van der Waals surface area contributed by atoms with Crippen molar-refractivity contribution in [3.8, 4) is 0 Å². The number of alkyl halides is 3. The highest BCUT2D eigenvalue weighted by atomic mass is 79.9. The van der Waals surface area contributed by atoms with Gasteiger partial charge in [0.05, 0.1) is 17.8 Å². The van der Waals surface area contributed by atoms with E-state index < -0.39 is 17.6 Å². The monoisotopic (exact) mass is 338 g/mol. The summed E-state index contributed by atoms with van der Waals surface area (Å²) in [6, 6.07) is 3.68. The molecule has 3 nitrogen and oxygen atoms in total. The van der Waals surface area contributed by atoms with E-state index in [1.54, 1.807) is 0 Å². The Morgan fingerprint density at radius 3 is 2.53 bits per heavy atom. The second-order valence-corrected chi connectivity index (χ2v) is 5.19. The molecular weight excluding hydrogens is 325 g/mol. The van der Waals surface area contributed by atoms with E-state index in [-0.39, 0.29) is 18.3 Å². The van der Waals surface area contributed by atoms with E-state index in [0.29, 0.717) is 4.47 Å². The van der Waals surface area contributed by atoms with Gasteiger partial charge in [-0.3, -0.25) is 4.79 Å². The fraction of sp³-hybridized carbons (Fsp3) is 0.417. The largest absolute Gasteiger partial charge is 0.418 e. The maximum Gasteiger partial charge on any atom is 0.418 e. The minimum atomic E-state index is -4.52. The highest BCUT2D eigenvalue weighted by Gasteiger charge is 2.34. The minimum Gasteiger partial charge on any atom is -0.324 e. The Hall–Kier alpha value is -1.08. The van der Waals surface area contributed by atoms with Crippen LogP contribution in [0.5, 0.6) is 0 Å². The molecule has 0 saturated heterocycles. The number of hydrogen-bond acceptors (Lipinski definition) is 2. The van der Waals surface area contributed by atoms with Crippen molar-refractivity contribution in [3.05, 3.63) is 28.2 Å². The van der Waals surface area contributed by atoms with E-state index >= 15 is 0 Å². The number of rotatable bonds is 4. The number of nitrogens with one attached hydrogen (secondary N) is 2. The molecule has 106 valence electrons. The van der Waals surface area contributed by atoms with Crippen LogP contribution in [0.25, 0.3) is 0 Å². The summed E-state index contributed by atoms with van der Waals surface area (Å²) < 4.78 is 38.7. The predicted molar refractivity (Wildman–Crippen MR) is 70.9 cm³/mol. The number of amides is 1. The van der Waals surface area contributed by atoms with Crippen LogP contribution in [0.3, 0.4) is 0 Å². The molecule has 0 radical (unpaired) electrons. The summed E-state index contributed by atoms with van der Waals surface area (Å²) in [6.45, 7) is 3.65. The molecule has 0 aliphatic carbocycles. The molecule has 0 aromatic heterocycles. The summed E-state index contributed by atoms with van der Waals surface area (Å²) in [6.07, 6.45) is -4.52. The van der Waals surface area contributed by atoms with Crippen LogP contribution in [-0.4, -0.2) is 18.5 Å². The summed E-state index contributed by atoms with van der Waals surface area (Å²) in [4.78, 5) is 11.5. The topological polar surface area (TPSA) is 41.1 Å². The Morgan fingerprint density at radius 2 is 2.00 bits per heavy atom. The standard InChI is InChI=1S/C12H14BrF3N2O/c1-7(2)17-6-11(19)18-10-4-3-8(13)5-9(10)12(14,15)16/h3-5,7,17H,6H2,1-2H3,(H,18,19). The van der Waals surface area contributed by atoms with Crippen molar-refractivity contribution in [2.75, 3.05) is 11.9 Å². The zero-order valence-electron chi connectivity index (χ0n) is 10.4. The van der Waals surface area contributed by atoms with Crippen LogP contribution in [0.1, 0.15) is 19.4 Å². The van der Waals surface area contributed by atoms with Crippen molar-refractivity contribution in [1.29, 1.82) is 0 Å². The van der Waals surface area contributed by atoms with Crippen molar-refractivity contribution < 1.29 is 18.0 Å². The smallest absolute Gasteiger partial charge is 0.324 e. The normalized spacial score (nSPS) is 11.7. The number of hydrogen-bond donors (Lipinski definition) is 2. The molecule has 0 fully saturated rings. The molecule has 0 bridgehead atoms. The van der Waals surface area contributed by atoms with Crippen LogP contribution in [0.2, 0.25) is 0 Å². The van der Waals surface area contributed by atoms with Gasteiger partial charge in [-0.2, -0.15) is 13.2 Å². The third-order valence-electron chi connectivity index (χ3n) is 2.23. The molecule has 19 heavy (non-hydrogen) atoms. The van der Waals surface area contributed by atoms with Gasteiger partial charge in [-0.05, 0) is 18.2 Å². The lowest BCUT2D eigenvalue weighted by molar-refractivity contribution is -0.137. The first kappa shape index (κ1) is 16.0. The summed E-state index contributed by atoms with van der Waals surface area (Å²) >= 11 is 2.98. The maximum atomic E-state index is 12.8. The number of carbonyl (C=O) groups is 1. The van der Waals surface area contributed by atoms with Crippen molar-refractivity contribution >= 4 is 27.5 Å². The van der Waals surface area contributed by atoms with E-state index in [0.717, 1.165) is 6.07 Å². The molecule has 1 amide bonds. The predicted octanol–water partition coefficient (Wildman–Crippen LogP) is 3.40. The zero-order valence-corrected chi connectivity index (χ0v) is 12.0. The summed E-state index contributed by atoms with van der Waals surface area (Å²) in [5.74, 6) is -0.512. The molecule has 2 N–H and O–H groups in total. The molecule has 0 spiro atoms. The highest BCUT2D eigenvalue weighted by molar-refractivity contribution is 9.10. The molecule has 0 unspecified atom stereocenters. The average Bonchev–Trinajstić information content (AvgIpc) is 2.27. The van der Waals surface area contributed by atoms with Crippen LogP contribution in [0, 0.1) is 0 Å². The second-order valence-electron chi connectivity index (χ2n) is 4.27. The molecule has 0 atom stereocenters. The highest BCUT2D eigenvalue weighted by Crippen LogP contribution is 2.36. The third-order valence-corrected chi connectivity index (χ3v) is 2.73. The van der Waals surface area contributed by atoms with Gasteiger partial charge in [-0.15, -0.1) is 0 Å². The second kappa shape index (κ2) is 6.38. The lowest BCUT2D eigenvalue weighted by Crippen LogP contribution is -2.33. The molecule has 0 aliphatic heterocycles. The van der Waals surface area contributed by atoms with Crippen LogP contribution >= 0.6 is 15.9 Å². The van der Waals surface area contributed by atoms with Gasteiger partial charge in [0.2, 0.25) is 5.91 Å². The lowest BCUT2D eigenvalue weighted by atomic mass is 10.1. The quantitative estimate of drug-likeness (QED) is 0.883. The molecule has 0 aliphatic rings. The van der Waals surface area contributed by atoms with Crippen molar-refractivity contribution in [3.63, 3.8) is 0 Å². The number of halogens is 4. The van der Waals surface area contributed by atoms with E-state index in [1.165, 1.54) is 12.1 Å². The Kier molecular flexibility index (Phi) is 5.37. The van der Waals surface area contributed by atoms with Gasteiger partial charge in [-0.25, -0.2) is 0 Å². The van der Waals surface area contributed by atoms with Gasteiger partial charge < -0.3 is 10.6 Å². The van der Waals surface area contributed by atoms with E-state index in [2.05, 4.69) is 26.6 Å². The van der Waals surface area contributed by atoms with E-state index in [9.17, 15) is 18.0 Å². The van der Waals surface area contributed by atoms with Gasteiger partial charge >= 0.3 is 6.18 Å². The van der Waals surface area contributed by atoms with Gasteiger partial charge in [0, 0.05) is 10.5 Å². The molecule has 0 heterocycles. The zero-order chi connectivity index (χ0) is 14.6. The van der Waals surface area contributed by atoms with Crippen LogP contribution in [0.4, 0.5) is 18.9 Å². The van der Waals surface area contributed by atoms with Crippen LogP contribution in [-0.2, 0) is 11.0 Å². The van der Waals surface area contributed by atoms with Crippen molar-refractivity contribution in [2.45, 2.75) is 26.1 Å². The summed E-state index contributed by atoms with van der Waals surface area (Å²) in [5.41, 5.74) is -1.12. The fourth-order valence-electron chi connectivity index (χ4n) is 1.35.